The van der Waals surface area contributed by atoms with Crippen molar-refractivity contribution in [3.05, 3.63) is 46.8 Å². The van der Waals surface area contributed by atoms with Crippen LogP contribution in [0, 0.1) is 25.5 Å². The van der Waals surface area contributed by atoms with Crippen LogP contribution in [0.15, 0.2) is 18.2 Å². The molecule has 0 aliphatic carbocycles. The van der Waals surface area contributed by atoms with Crippen molar-refractivity contribution in [1.29, 1.82) is 0 Å². The van der Waals surface area contributed by atoms with Crippen LogP contribution in [-0.2, 0) is 11.3 Å². The predicted molar refractivity (Wildman–Crippen MR) is 81.5 cm³/mol. The number of halogens is 2. The molecular formula is C16H19F2N3O2. The number of carboxylic acids is 1. The summed E-state index contributed by atoms with van der Waals surface area (Å²) in [6.07, 6.45) is 0. The molecule has 0 spiro atoms. The Morgan fingerprint density at radius 2 is 2.04 bits per heavy atom. The minimum Gasteiger partial charge on any atom is -0.480 e. The number of hydrogen-bond acceptors (Lipinski definition) is 3. The highest BCUT2D eigenvalue weighted by molar-refractivity contribution is 5.72. The van der Waals surface area contributed by atoms with Crippen molar-refractivity contribution in [2.75, 3.05) is 7.05 Å². The van der Waals surface area contributed by atoms with Crippen LogP contribution in [0.1, 0.15) is 23.9 Å². The zero-order chi connectivity index (χ0) is 17.3. The summed E-state index contributed by atoms with van der Waals surface area (Å²) in [5, 5.41) is 13.4. The molecule has 1 heterocycles. The fourth-order valence-corrected chi connectivity index (χ4v) is 2.37. The maximum Gasteiger partial charge on any atom is 0.320 e. The first-order valence-electron chi connectivity index (χ1n) is 7.16. The van der Waals surface area contributed by atoms with E-state index in [4.69, 9.17) is 5.11 Å². The van der Waals surface area contributed by atoms with Crippen molar-refractivity contribution in [1.82, 2.24) is 14.7 Å². The van der Waals surface area contributed by atoms with Crippen LogP contribution in [0.25, 0.3) is 5.69 Å². The molecule has 0 saturated heterocycles. The van der Waals surface area contributed by atoms with Crippen LogP contribution < -0.4 is 0 Å². The molecule has 1 aromatic carbocycles. The quantitative estimate of drug-likeness (QED) is 0.919. The average molecular weight is 323 g/mol. The van der Waals surface area contributed by atoms with E-state index in [0.29, 0.717) is 17.9 Å². The fraction of sp³-hybridized carbons (Fsp3) is 0.375. The maximum absolute atomic E-state index is 14.0. The van der Waals surface area contributed by atoms with Gasteiger partial charge in [0.05, 0.1) is 5.69 Å². The van der Waals surface area contributed by atoms with Gasteiger partial charge in [-0.2, -0.15) is 5.10 Å². The lowest BCUT2D eigenvalue weighted by molar-refractivity contribution is -0.142. The summed E-state index contributed by atoms with van der Waals surface area (Å²) < 4.78 is 28.4. The van der Waals surface area contributed by atoms with E-state index in [-0.39, 0.29) is 5.69 Å². The molecule has 1 atom stereocenters. The number of hydrogen-bond donors (Lipinski definition) is 1. The first kappa shape index (κ1) is 17.1. The van der Waals surface area contributed by atoms with Crippen LogP contribution in [0.4, 0.5) is 8.78 Å². The molecule has 5 nitrogen and oxygen atoms in total. The van der Waals surface area contributed by atoms with E-state index in [1.165, 1.54) is 16.8 Å². The Kier molecular flexibility index (Phi) is 4.79. The number of carbonyl (C=O) groups is 1. The Bertz CT molecular complexity index is 743. The van der Waals surface area contributed by atoms with Crippen molar-refractivity contribution < 1.29 is 18.7 Å². The topological polar surface area (TPSA) is 58.4 Å². The highest BCUT2D eigenvalue weighted by Crippen LogP contribution is 2.22. The second-order valence-corrected chi connectivity index (χ2v) is 5.59. The first-order valence-corrected chi connectivity index (χ1v) is 7.16. The summed E-state index contributed by atoms with van der Waals surface area (Å²) in [5.41, 5.74) is 2.35. The van der Waals surface area contributed by atoms with Crippen molar-refractivity contribution in [2.24, 2.45) is 0 Å². The summed E-state index contributed by atoms with van der Waals surface area (Å²) in [7, 11) is 1.70. The SMILES string of the molecule is Cc1nn(-c2ccc(F)cc2F)c(C)c1CN(C)C(C)C(=O)O. The highest BCUT2D eigenvalue weighted by atomic mass is 19.1. The first-order chi connectivity index (χ1) is 10.7. The van der Waals surface area contributed by atoms with Crippen LogP contribution >= 0.6 is 0 Å². The monoisotopic (exact) mass is 323 g/mol. The summed E-state index contributed by atoms with van der Waals surface area (Å²) in [4.78, 5) is 12.7. The zero-order valence-electron chi connectivity index (χ0n) is 13.5. The molecule has 0 radical (unpaired) electrons. The van der Waals surface area contributed by atoms with Gasteiger partial charge < -0.3 is 5.11 Å². The number of likely N-dealkylation sites (N-methyl/N-ethyl adjacent to an activating group) is 1. The van der Waals surface area contributed by atoms with Crippen molar-refractivity contribution in [3.63, 3.8) is 0 Å². The molecule has 0 aliphatic heterocycles. The third-order valence-electron chi connectivity index (χ3n) is 4.01. The summed E-state index contributed by atoms with van der Waals surface area (Å²) in [6.45, 7) is 5.52. The molecule has 7 heteroatoms. The number of aryl methyl sites for hydroxylation is 1. The van der Waals surface area contributed by atoms with Gasteiger partial charge >= 0.3 is 5.97 Å². The molecule has 0 amide bonds. The molecule has 0 saturated carbocycles. The molecule has 2 rings (SSSR count). The van der Waals surface area contributed by atoms with Crippen molar-refractivity contribution in [2.45, 2.75) is 33.4 Å². The number of aliphatic carboxylic acids is 1. The van der Waals surface area contributed by atoms with Gasteiger partial charge in [-0.25, -0.2) is 13.5 Å². The van der Waals surface area contributed by atoms with E-state index in [2.05, 4.69) is 5.10 Å². The summed E-state index contributed by atoms with van der Waals surface area (Å²) >= 11 is 0. The Hall–Kier alpha value is -2.28. The number of rotatable bonds is 5. The number of carboxylic acid groups (broad SMARTS) is 1. The zero-order valence-corrected chi connectivity index (χ0v) is 13.5. The minimum atomic E-state index is -0.917. The molecule has 1 unspecified atom stereocenters. The largest absolute Gasteiger partial charge is 0.480 e. The lowest BCUT2D eigenvalue weighted by Gasteiger charge is -2.21. The van der Waals surface area contributed by atoms with Gasteiger partial charge in [0.25, 0.3) is 0 Å². The Morgan fingerprint density at radius 3 is 2.61 bits per heavy atom. The number of aromatic nitrogens is 2. The number of benzene rings is 1. The third kappa shape index (κ3) is 3.39. The maximum atomic E-state index is 14.0. The molecule has 1 N–H and O–H groups in total. The van der Waals surface area contributed by atoms with Gasteiger partial charge in [-0.15, -0.1) is 0 Å². The molecule has 0 fully saturated rings. The lowest BCUT2D eigenvalue weighted by atomic mass is 10.1. The fourth-order valence-electron chi connectivity index (χ4n) is 2.37. The second-order valence-electron chi connectivity index (χ2n) is 5.59. The van der Waals surface area contributed by atoms with Gasteiger partial charge in [0.1, 0.15) is 17.5 Å². The smallest absolute Gasteiger partial charge is 0.320 e. The van der Waals surface area contributed by atoms with Crippen LogP contribution in [0.2, 0.25) is 0 Å². The van der Waals surface area contributed by atoms with E-state index < -0.39 is 23.6 Å². The predicted octanol–water partition coefficient (Wildman–Crippen LogP) is 2.67. The molecule has 124 valence electrons. The standard InChI is InChI=1S/C16H19F2N3O2/c1-9-13(8-20(4)11(3)16(22)23)10(2)21(19-9)15-6-5-12(17)7-14(15)18/h5-7,11H,8H2,1-4H3,(H,22,23). The molecule has 0 aliphatic rings. The summed E-state index contributed by atoms with van der Waals surface area (Å²) in [5.74, 6) is -2.27. The van der Waals surface area contributed by atoms with E-state index in [1.54, 1.807) is 32.7 Å². The normalized spacial score (nSPS) is 12.7. The Labute approximate surface area is 133 Å². The number of nitrogens with zero attached hydrogens (tertiary/aromatic N) is 3. The minimum absolute atomic E-state index is 0.159. The summed E-state index contributed by atoms with van der Waals surface area (Å²) in [6, 6.07) is 2.66. The van der Waals surface area contributed by atoms with Gasteiger partial charge in [-0.1, -0.05) is 0 Å². The van der Waals surface area contributed by atoms with Crippen molar-refractivity contribution in [3.8, 4) is 5.69 Å². The van der Waals surface area contributed by atoms with Crippen molar-refractivity contribution >= 4 is 5.97 Å². The van der Waals surface area contributed by atoms with E-state index in [1.807, 2.05) is 0 Å². The lowest BCUT2D eigenvalue weighted by Crippen LogP contribution is -2.35. The van der Waals surface area contributed by atoms with E-state index >= 15 is 0 Å². The van der Waals surface area contributed by atoms with Gasteiger partial charge in [-0.05, 0) is 40.0 Å². The van der Waals surface area contributed by atoms with Crippen LogP contribution in [0.3, 0.4) is 0 Å². The molecule has 23 heavy (non-hydrogen) atoms. The molecular weight excluding hydrogens is 304 g/mol. The third-order valence-corrected chi connectivity index (χ3v) is 4.01. The van der Waals surface area contributed by atoms with Crippen LogP contribution in [-0.4, -0.2) is 38.8 Å². The Balaban J connectivity index is 2.38. The second kappa shape index (κ2) is 6.45. The molecule has 2 aromatic rings. The van der Waals surface area contributed by atoms with Gasteiger partial charge in [0.15, 0.2) is 5.82 Å². The highest BCUT2D eigenvalue weighted by Gasteiger charge is 2.21. The molecule has 0 bridgehead atoms. The van der Waals surface area contributed by atoms with E-state index in [0.717, 1.165) is 11.6 Å². The average Bonchev–Trinajstić information content (AvgIpc) is 2.74. The Morgan fingerprint density at radius 1 is 1.39 bits per heavy atom. The van der Waals surface area contributed by atoms with Crippen LogP contribution in [0.5, 0.6) is 0 Å². The molecule has 1 aromatic heterocycles. The van der Waals surface area contributed by atoms with Gasteiger partial charge in [0.2, 0.25) is 0 Å². The van der Waals surface area contributed by atoms with Gasteiger partial charge in [0, 0.05) is 23.9 Å². The van der Waals surface area contributed by atoms with Gasteiger partial charge in [-0.3, -0.25) is 9.69 Å². The van der Waals surface area contributed by atoms with E-state index in [9.17, 15) is 13.6 Å².